The summed E-state index contributed by atoms with van der Waals surface area (Å²) in [4.78, 5) is 12.2. The molecular weight excluding hydrogens is 255 g/mol. The monoisotopic (exact) mass is 276 g/mol. The van der Waals surface area contributed by atoms with E-state index in [9.17, 15) is 9.18 Å². The minimum Gasteiger partial charge on any atom is -0.489 e. The highest BCUT2D eigenvalue weighted by molar-refractivity contribution is 5.92. The zero-order chi connectivity index (χ0) is 14.2. The van der Waals surface area contributed by atoms with Crippen molar-refractivity contribution in [1.82, 2.24) is 0 Å². The van der Waals surface area contributed by atoms with Gasteiger partial charge in [-0.05, 0) is 43.5 Å². The summed E-state index contributed by atoms with van der Waals surface area (Å²) in [6.45, 7) is 1.85. The molecule has 2 aliphatic rings. The first-order valence-electron chi connectivity index (χ1n) is 7.58. The predicted molar refractivity (Wildman–Crippen MR) is 75.3 cm³/mol. The Kier molecular flexibility index (Phi) is 3.53. The number of rotatable bonds is 2. The number of benzene rings is 1. The van der Waals surface area contributed by atoms with Gasteiger partial charge in [0.1, 0.15) is 23.5 Å². The van der Waals surface area contributed by atoms with Crippen molar-refractivity contribution >= 4 is 5.78 Å². The highest BCUT2D eigenvalue weighted by Gasteiger charge is 2.55. The number of hydrogen-bond acceptors (Lipinski definition) is 2. The van der Waals surface area contributed by atoms with Crippen LogP contribution >= 0.6 is 0 Å². The summed E-state index contributed by atoms with van der Waals surface area (Å²) in [7, 11) is 0. The zero-order valence-electron chi connectivity index (χ0n) is 12.0. The fourth-order valence-electron chi connectivity index (χ4n) is 3.63. The van der Waals surface area contributed by atoms with Crippen molar-refractivity contribution in [2.24, 2.45) is 5.41 Å². The molecule has 0 heterocycles. The zero-order valence-corrected chi connectivity index (χ0v) is 12.0. The van der Waals surface area contributed by atoms with E-state index in [2.05, 4.69) is 0 Å². The lowest BCUT2D eigenvalue weighted by molar-refractivity contribution is -0.154. The topological polar surface area (TPSA) is 26.3 Å². The molecule has 2 aliphatic carbocycles. The van der Waals surface area contributed by atoms with E-state index in [4.69, 9.17) is 4.74 Å². The van der Waals surface area contributed by atoms with Crippen LogP contribution in [0.25, 0.3) is 0 Å². The minimum atomic E-state index is -0.253. The summed E-state index contributed by atoms with van der Waals surface area (Å²) >= 11 is 0. The molecule has 2 nitrogen and oxygen atoms in total. The third-order valence-corrected chi connectivity index (χ3v) is 4.94. The van der Waals surface area contributed by atoms with Gasteiger partial charge >= 0.3 is 0 Å². The minimum absolute atomic E-state index is 0.0164. The van der Waals surface area contributed by atoms with E-state index in [1.165, 1.54) is 25.0 Å². The van der Waals surface area contributed by atoms with E-state index in [1.807, 2.05) is 6.92 Å². The van der Waals surface area contributed by atoms with Gasteiger partial charge in [-0.3, -0.25) is 4.79 Å². The summed E-state index contributed by atoms with van der Waals surface area (Å²) in [5.41, 5.74) is 0.547. The molecule has 20 heavy (non-hydrogen) atoms. The smallest absolute Gasteiger partial charge is 0.146 e. The maximum absolute atomic E-state index is 13.1. The summed E-state index contributed by atoms with van der Waals surface area (Å²) in [6.07, 6.45) is 7.08. The molecule has 0 bridgehead atoms. The van der Waals surface area contributed by atoms with Crippen molar-refractivity contribution in [3.8, 4) is 5.75 Å². The van der Waals surface area contributed by atoms with Gasteiger partial charge in [0.15, 0.2) is 0 Å². The number of Topliss-reactive ketones (excluding diaryl/α,β-unsaturated/α-hetero) is 1. The van der Waals surface area contributed by atoms with Crippen molar-refractivity contribution in [1.29, 1.82) is 0 Å². The molecule has 108 valence electrons. The highest BCUT2D eigenvalue weighted by Crippen LogP contribution is 2.49. The Morgan fingerprint density at radius 2 is 1.90 bits per heavy atom. The van der Waals surface area contributed by atoms with Gasteiger partial charge < -0.3 is 4.74 Å². The van der Waals surface area contributed by atoms with Gasteiger partial charge in [0, 0.05) is 6.42 Å². The fourth-order valence-corrected chi connectivity index (χ4v) is 3.63. The molecule has 1 spiro atoms. The number of hydrogen-bond donors (Lipinski definition) is 0. The van der Waals surface area contributed by atoms with E-state index < -0.39 is 0 Å². The first-order chi connectivity index (χ1) is 9.62. The van der Waals surface area contributed by atoms with Gasteiger partial charge in [-0.1, -0.05) is 25.7 Å². The lowest BCUT2D eigenvalue weighted by atomic mass is 9.60. The maximum Gasteiger partial charge on any atom is 0.146 e. The SMILES string of the molecule is Cc1cc(F)ccc1OC1CC(=O)C12CCCCCC2. The normalized spacial score (nSPS) is 25.1. The van der Waals surface area contributed by atoms with Gasteiger partial charge in [-0.2, -0.15) is 0 Å². The number of carbonyl (C=O) groups excluding carboxylic acids is 1. The Balaban J connectivity index is 1.78. The Bertz CT molecular complexity index is 516. The van der Waals surface area contributed by atoms with Gasteiger partial charge in [-0.15, -0.1) is 0 Å². The molecule has 1 aromatic carbocycles. The van der Waals surface area contributed by atoms with Crippen LogP contribution in [0.3, 0.4) is 0 Å². The molecule has 0 saturated heterocycles. The second kappa shape index (κ2) is 5.19. The van der Waals surface area contributed by atoms with Gasteiger partial charge in [0.05, 0.1) is 5.41 Å². The fraction of sp³-hybridized carbons (Fsp3) is 0.588. The molecule has 1 unspecified atom stereocenters. The maximum atomic E-state index is 13.1. The Morgan fingerprint density at radius 3 is 2.50 bits per heavy atom. The van der Waals surface area contributed by atoms with Gasteiger partial charge in [-0.25, -0.2) is 4.39 Å². The molecule has 3 heteroatoms. The summed E-state index contributed by atoms with van der Waals surface area (Å²) in [6, 6.07) is 4.58. The molecule has 0 aliphatic heterocycles. The molecule has 1 atom stereocenters. The highest BCUT2D eigenvalue weighted by atomic mass is 19.1. The van der Waals surface area contributed by atoms with Crippen LogP contribution in [-0.4, -0.2) is 11.9 Å². The summed E-state index contributed by atoms with van der Waals surface area (Å²) < 4.78 is 19.2. The largest absolute Gasteiger partial charge is 0.489 e. The van der Waals surface area contributed by atoms with Crippen LogP contribution in [0.5, 0.6) is 5.75 Å². The van der Waals surface area contributed by atoms with Gasteiger partial charge in [0.25, 0.3) is 0 Å². The molecular formula is C17H21FO2. The van der Waals surface area contributed by atoms with Crippen molar-refractivity contribution in [2.45, 2.75) is 58.0 Å². The molecule has 1 aromatic rings. The lowest BCUT2D eigenvalue weighted by Crippen LogP contribution is -2.56. The first kappa shape index (κ1) is 13.6. The van der Waals surface area contributed by atoms with Crippen LogP contribution in [0.2, 0.25) is 0 Å². The first-order valence-corrected chi connectivity index (χ1v) is 7.58. The van der Waals surface area contributed by atoms with Gasteiger partial charge in [0.2, 0.25) is 0 Å². The van der Waals surface area contributed by atoms with Crippen LogP contribution in [0, 0.1) is 18.2 Å². The third kappa shape index (κ3) is 2.23. The van der Waals surface area contributed by atoms with Crippen molar-refractivity contribution in [3.05, 3.63) is 29.6 Å². The lowest BCUT2D eigenvalue weighted by Gasteiger charge is -2.47. The Hall–Kier alpha value is -1.38. The number of ether oxygens (including phenoxy) is 1. The number of halogens is 1. The van der Waals surface area contributed by atoms with E-state index in [1.54, 1.807) is 6.07 Å². The van der Waals surface area contributed by atoms with Crippen molar-refractivity contribution in [3.63, 3.8) is 0 Å². The number of carbonyl (C=O) groups is 1. The van der Waals surface area contributed by atoms with Crippen LogP contribution in [0.4, 0.5) is 4.39 Å². The predicted octanol–water partition coefficient (Wildman–Crippen LogP) is 4.19. The molecule has 2 saturated carbocycles. The van der Waals surface area contributed by atoms with Crippen molar-refractivity contribution < 1.29 is 13.9 Å². The number of ketones is 1. The Morgan fingerprint density at radius 1 is 1.20 bits per heavy atom. The Labute approximate surface area is 119 Å². The van der Waals surface area contributed by atoms with Crippen LogP contribution in [0.1, 0.15) is 50.5 Å². The third-order valence-electron chi connectivity index (χ3n) is 4.94. The quantitative estimate of drug-likeness (QED) is 0.809. The van der Waals surface area contributed by atoms with Crippen LogP contribution in [0.15, 0.2) is 18.2 Å². The van der Waals surface area contributed by atoms with Crippen molar-refractivity contribution in [2.75, 3.05) is 0 Å². The average Bonchev–Trinajstić information content (AvgIpc) is 2.69. The molecule has 0 aromatic heterocycles. The molecule has 0 radical (unpaired) electrons. The molecule has 2 fully saturated rings. The molecule has 0 amide bonds. The average molecular weight is 276 g/mol. The standard InChI is InChI=1S/C17H21FO2/c1-12-10-13(18)6-7-14(12)20-16-11-15(19)17(16)8-4-2-3-5-9-17/h6-7,10,16H,2-5,8-9,11H2,1H3. The second-order valence-electron chi connectivity index (χ2n) is 6.21. The van der Waals surface area contributed by atoms with Crippen LogP contribution in [-0.2, 0) is 4.79 Å². The van der Waals surface area contributed by atoms with E-state index >= 15 is 0 Å². The second-order valence-corrected chi connectivity index (χ2v) is 6.21. The van der Waals surface area contributed by atoms with E-state index in [0.29, 0.717) is 18.0 Å². The number of aryl methyl sites for hydroxylation is 1. The van der Waals surface area contributed by atoms with E-state index in [0.717, 1.165) is 31.2 Å². The summed E-state index contributed by atoms with van der Waals surface area (Å²) in [5.74, 6) is 0.834. The molecule has 0 N–H and O–H groups in total. The van der Waals surface area contributed by atoms with E-state index in [-0.39, 0.29) is 17.3 Å². The van der Waals surface area contributed by atoms with Crippen LogP contribution < -0.4 is 4.74 Å². The molecule has 3 rings (SSSR count). The summed E-state index contributed by atoms with van der Waals surface area (Å²) in [5, 5.41) is 0.